The molecule has 1 unspecified atom stereocenters. The zero-order chi connectivity index (χ0) is 13.8. The lowest BCUT2D eigenvalue weighted by molar-refractivity contribution is -0.105. The average Bonchev–Trinajstić information content (AvgIpc) is 3.11. The molecule has 0 aromatic carbocycles. The van der Waals surface area contributed by atoms with Crippen LogP contribution in [-0.2, 0) is 4.79 Å². The van der Waals surface area contributed by atoms with Gasteiger partial charge in [-0.3, -0.25) is 4.79 Å². The van der Waals surface area contributed by atoms with Gasteiger partial charge in [0.1, 0.15) is 6.10 Å². The van der Waals surface area contributed by atoms with E-state index in [1.165, 1.54) is 11.3 Å². The molecular weight excluding hydrogens is 280 g/mol. The monoisotopic (exact) mass is 292 g/mol. The van der Waals surface area contributed by atoms with Crippen molar-refractivity contribution < 1.29 is 9.53 Å². The van der Waals surface area contributed by atoms with Crippen LogP contribution < -0.4 is 15.0 Å². The Morgan fingerprint density at radius 3 is 3.20 bits per heavy atom. The minimum absolute atomic E-state index is 0.0361. The second-order valence-electron chi connectivity index (χ2n) is 4.19. The molecule has 104 valence electrons. The van der Waals surface area contributed by atoms with Crippen molar-refractivity contribution in [1.29, 1.82) is 0 Å². The lowest BCUT2D eigenvalue weighted by atomic mass is 10.3. The summed E-state index contributed by atoms with van der Waals surface area (Å²) in [6, 6.07) is 3.78. The quantitative estimate of drug-likeness (QED) is 0.804. The molecule has 1 fully saturated rings. The van der Waals surface area contributed by atoms with Crippen molar-refractivity contribution in [1.82, 2.24) is 20.4 Å². The van der Waals surface area contributed by atoms with E-state index in [1.54, 1.807) is 6.20 Å². The fourth-order valence-corrected chi connectivity index (χ4v) is 2.62. The molecule has 9 heteroatoms. The van der Waals surface area contributed by atoms with Gasteiger partial charge in [-0.2, -0.15) is 5.10 Å². The molecule has 3 heterocycles. The number of aromatic nitrogens is 4. The van der Waals surface area contributed by atoms with Crippen LogP contribution in [0.25, 0.3) is 0 Å². The number of nitrogens with one attached hydrogen (secondary N) is 1. The smallest absolute Gasteiger partial charge is 0.296 e. The van der Waals surface area contributed by atoms with Crippen molar-refractivity contribution in [3.8, 4) is 5.19 Å². The van der Waals surface area contributed by atoms with Gasteiger partial charge >= 0.3 is 0 Å². The summed E-state index contributed by atoms with van der Waals surface area (Å²) in [6.45, 7) is 1.59. The van der Waals surface area contributed by atoms with Gasteiger partial charge < -0.3 is 15.0 Å². The van der Waals surface area contributed by atoms with Gasteiger partial charge in [0.05, 0.1) is 6.54 Å². The number of amides is 1. The molecule has 0 bridgehead atoms. The highest BCUT2D eigenvalue weighted by Gasteiger charge is 2.26. The van der Waals surface area contributed by atoms with Gasteiger partial charge in [-0.1, -0.05) is 5.10 Å². The minimum atomic E-state index is 0.0361. The van der Waals surface area contributed by atoms with Crippen LogP contribution in [0.2, 0.25) is 0 Å². The van der Waals surface area contributed by atoms with E-state index in [-0.39, 0.29) is 6.10 Å². The Morgan fingerprint density at radius 1 is 1.45 bits per heavy atom. The number of ether oxygens (including phenoxy) is 1. The second-order valence-corrected chi connectivity index (χ2v) is 5.13. The predicted octanol–water partition coefficient (Wildman–Crippen LogP) is 0.554. The number of hydrogen-bond donors (Lipinski definition) is 1. The minimum Gasteiger partial charge on any atom is -0.464 e. The van der Waals surface area contributed by atoms with E-state index in [9.17, 15) is 4.79 Å². The van der Waals surface area contributed by atoms with Crippen molar-refractivity contribution in [3.05, 3.63) is 18.3 Å². The third-order valence-corrected chi connectivity index (χ3v) is 3.63. The average molecular weight is 292 g/mol. The molecule has 1 N–H and O–H groups in total. The summed E-state index contributed by atoms with van der Waals surface area (Å²) in [5.74, 6) is 0.846. The summed E-state index contributed by atoms with van der Waals surface area (Å²) in [4.78, 5) is 12.4. The van der Waals surface area contributed by atoms with Gasteiger partial charge in [0, 0.05) is 19.2 Å². The van der Waals surface area contributed by atoms with E-state index in [0.29, 0.717) is 16.7 Å². The fraction of sp³-hybridized carbons (Fsp3) is 0.364. The van der Waals surface area contributed by atoms with Gasteiger partial charge in [-0.15, -0.1) is 10.2 Å². The Balaban J connectivity index is 1.58. The van der Waals surface area contributed by atoms with E-state index < -0.39 is 0 Å². The highest BCUT2D eigenvalue weighted by atomic mass is 32.1. The largest absolute Gasteiger partial charge is 0.464 e. The van der Waals surface area contributed by atoms with E-state index in [4.69, 9.17) is 4.74 Å². The lowest BCUT2D eigenvalue weighted by Crippen LogP contribution is -2.25. The zero-order valence-corrected chi connectivity index (χ0v) is 11.3. The molecule has 0 aliphatic carbocycles. The normalized spacial score (nSPS) is 18.0. The van der Waals surface area contributed by atoms with E-state index in [1.807, 2.05) is 12.1 Å². The molecule has 3 rings (SSSR count). The maximum atomic E-state index is 10.3. The number of hydrogen-bond acceptors (Lipinski definition) is 8. The predicted molar refractivity (Wildman–Crippen MR) is 72.9 cm³/mol. The Bertz CT molecular complexity index is 577. The van der Waals surface area contributed by atoms with Gasteiger partial charge in [-0.05, 0) is 23.5 Å². The summed E-state index contributed by atoms with van der Waals surface area (Å²) in [7, 11) is 0. The SMILES string of the molecule is O=CNc1nnc(OC2CCN(c3cccnn3)C2)s1. The molecule has 1 saturated heterocycles. The van der Waals surface area contributed by atoms with Gasteiger partial charge in [0.25, 0.3) is 5.19 Å². The summed E-state index contributed by atoms with van der Waals surface area (Å²) in [6.07, 6.45) is 3.13. The van der Waals surface area contributed by atoms with Crippen molar-refractivity contribution in [2.45, 2.75) is 12.5 Å². The van der Waals surface area contributed by atoms with Crippen LogP contribution >= 0.6 is 11.3 Å². The molecule has 2 aromatic heterocycles. The highest BCUT2D eigenvalue weighted by molar-refractivity contribution is 7.17. The summed E-state index contributed by atoms with van der Waals surface area (Å²) in [5.41, 5.74) is 0. The standard InChI is InChI=1S/C11H12N6O2S/c18-7-12-10-15-16-11(20-10)19-8-3-5-17(6-8)9-2-1-4-13-14-9/h1-2,4,7-8H,3,5-6H2,(H,12,15,18). The number of carbonyl (C=O) groups is 1. The van der Waals surface area contributed by atoms with E-state index in [2.05, 4.69) is 30.6 Å². The Hall–Kier alpha value is -2.29. The molecule has 8 nitrogen and oxygen atoms in total. The Kier molecular flexibility index (Phi) is 3.68. The van der Waals surface area contributed by atoms with Gasteiger partial charge in [0.15, 0.2) is 5.82 Å². The van der Waals surface area contributed by atoms with E-state index in [0.717, 1.165) is 25.3 Å². The van der Waals surface area contributed by atoms with Crippen LogP contribution in [-0.4, -0.2) is 46.0 Å². The first-order chi connectivity index (χ1) is 9.85. The van der Waals surface area contributed by atoms with Crippen molar-refractivity contribution in [2.24, 2.45) is 0 Å². The van der Waals surface area contributed by atoms with Crippen LogP contribution in [0.5, 0.6) is 5.19 Å². The topological polar surface area (TPSA) is 93.1 Å². The number of rotatable bonds is 5. The lowest BCUT2D eigenvalue weighted by Gasteiger charge is -2.16. The third kappa shape index (κ3) is 2.82. The number of anilines is 2. The van der Waals surface area contributed by atoms with Crippen LogP contribution in [0, 0.1) is 0 Å². The summed E-state index contributed by atoms with van der Waals surface area (Å²) < 4.78 is 5.75. The molecule has 0 spiro atoms. The molecule has 1 atom stereocenters. The maximum Gasteiger partial charge on any atom is 0.296 e. The Morgan fingerprint density at radius 2 is 2.40 bits per heavy atom. The van der Waals surface area contributed by atoms with Crippen LogP contribution in [0.3, 0.4) is 0 Å². The maximum absolute atomic E-state index is 10.3. The first kappa shape index (κ1) is 12.7. The molecular formula is C11H12N6O2S. The van der Waals surface area contributed by atoms with Crippen molar-refractivity contribution >= 4 is 28.7 Å². The fourth-order valence-electron chi connectivity index (χ4n) is 2.00. The first-order valence-corrected chi connectivity index (χ1v) is 6.90. The summed E-state index contributed by atoms with van der Waals surface area (Å²) in [5, 5.41) is 18.9. The van der Waals surface area contributed by atoms with Crippen LogP contribution in [0.1, 0.15) is 6.42 Å². The van der Waals surface area contributed by atoms with Gasteiger partial charge in [0.2, 0.25) is 11.5 Å². The van der Waals surface area contributed by atoms with Crippen molar-refractivity contribution in [3.63, 3.8) is 0 Å². The van der Waals surface area contributed by atoms with Crippen LogP contribution in [0.15, 0.2) is 18.3 Å². The Labute approximate surface area is 118 Å². The number of nitrogens with zero attached hydrogens (tertiary/aromatic N) is 5. The summed E-state index contributed by atoms with van der Waals surface area (Å²) >= 11 is 1.21. The highest BCUT2D eigenvalue weighted by Crippen LogP contribution is 2.26. The molecule has 1 aliphatic heterocycles. The van der Waals surface area contributed by atoms with Crippen molar-refractivity contribution in [2.75, 3.05) is 23.3 Å². The van der Waals surface area contributed by atoms with Gasteiger partial charge in [-0.25, -0.2) is 0 Å². The molecule has 1 aliphatic rings. The molecule has 20 heavy (non-hydrogen) atoms. The first-order valence-electron chi connectivity index (χ1n) is 6.08. The molecule has 1 amide bonds. The number of carbonyl (C=O) groups excluding carboxylic acids is 1. The zero-order valence-electron chi connectivity index (χ0n) is 10.5. The molecule has 0 saturated carbocycles. The third-order valence-electron chi connectivity index (χ3n) is 2.88. The molecule has 2 aromatic rings. The molecule has 0 radical (unpaired) electrons. The second kappa shape index (κ2) is 5.78. The van der Waals surface area contributed by atoms with E-state index >= 15 is 0 Å². The van der Waals surface area contributed by atoms with Crippen LogP contribution in [0.4, 0.5) is 10.9 Å².